The van der Waals surface area contributed by atoms with E-state index in [0.717, 1.165) is 17.0 Å². The minimum absolute atomic E-state index is 0.208. The Labute approximate surface area is 122 Å². The Morgan fingerprint density at radius 1 is 1.25 bits per heavy atom. The van der Waals surface area contributed by atoms with Gasteiger partial charge in [-0.1, -0.05) is 15.9 Å². The fourth-order valence-corrected chi connectivity index (χ4v) is 2.72. The molecule has 0 saturated carbocycles. The Hall–Kier alpha value is -1.76. The topological polar surface area (TPSA) is 38.1 Å². The molecule has 1 aliphatic heterocycles. The van der Waals surface area contributed by atoms with Crippen LogP contribution in [0.4, 0.5) is 20.4 Å². The number of amides is 1. The van der Waals surface area contributed by atoms with Gasteiger partial charge in [-0.3, -0.25) is 4.79 Å². The Morgan fingerprint density at radius 3 is 2.45 bits per heavy atom. The highest BCUT2D eigenvalue weighted by Crippen LogP contribution is 2.41. The van der Waals surface area contributed by atoms with Gasteiger partial charge in [-0.25, -0.2) is 18.7 Å². The molecular formula is C13H10BrF2N3O. The molecule has 0 radical (unpaired) electrons. The van der Waals surface area contributed by atoms with Crippen molar-refractivity contribution < 1.29 is 13.6 Å². The van der Waals surface area contributed by atoms with Crippen molar-refractivity contribution >= 4 is 33.5 Å². The van der Waals surface area contributed by atoms with Gasteiger partial charge in [0.25, 0.3) is 5.91 Å². The van der Waals surface area contributed by atoms with Crippen molar-refractivity contribution in [1.82, 2.24) is 9.55 Å². The average molecular weight is 342 g/mol. The van der Waals surface area contributed by atoms with Crippen LogP contribution in [0.25, 0.3) is 0 Å². The smallest absolute Gasteiger partial charge is 0.259 e. The Kier molecular flexibility index (Phi) is 2.72. The lowest BCUT2D eigenvalue weighted by atomic mass is 10.1. The molecule has 2 heterocycles. The first-order valence-electron chi connectivity index (χ1n) is 5.87. The molecule has 7 heteroatoms. The number of hydrogen-bond donors (Lipinski definition) is 0. The van der Waals surface area contributed by atoms with Crippen molar-refractivity contribution in [3.63, 3.8) is 0 Å². The monoisotopic (exact) mass is 341 g/mol. The van der Waals surface area contributed by atoms with Crippen molar-refractivity contribution in [3.05, 3.63) is 40.6 Å². The van der Waals surface area contributed by atoms with Crippen LogP contribution in [0.2, 0.25) is 0 Å². The molecule has 3 rings (SSSR count). The van der Waals surface area contributed by atoms with Crippen molar-refractivity contribution in [2.45, 2.75) is 19.4 Å². The summed E-state index contributed by atoms with van der Waals surface area (Å²) >= 11 is 3.01. The van der Waals surface area contributed by atoms with Gasteiger partial charge in [0.1, 0.15) is 11.2 Å². The van der Waals surface area contributed by atoms with E-state index in [0.29, 0.717) is 0 Å². The van der Waals surface area contributed by atoms with Crippen molar-refractivity contribution in [3.8, 4) is 0 Å². The van der Waals surface area contributed by atoms with Crippen LogP contribution in [0.15, 0.2) is 29.0 Å². The fourth-order valence-electron chi connectivity index (χ4n) is 2.31. The second-order valence-electron chi connectivity index (χ2n) is 5.01. The van der Waals surface area contributed by atoms with E-state index in [4.69, 9.17) is 0 Å². The van der Waals surface area contributed by atoms with Gasteiger partial charge in [0, 0.05) is 16.9 Å². The van der Waals surface area contributed by atoms with E-state index >= 15 is 0 Å². The highest BCUT2D eigenvalue weighted by molar-refractivity contribution is 9.10. The molecule has 20 heavy (non-hydrogen) atoms. The molecule has 0 atom stereocenters. The molecular weight excluding hydrogens is 332 g/mol. The van der Waals surface area contributed by atoms with Crippen LogP contribution in [0.5, 0.6) is 0 Å². The zero-order chi connectivity index (χ0) is 14.7. The molecule has 0 N–H and O–H groups in total. The predicted octanol–water partition coefficient (Wildman–Crippen LogP) is 3.34. The minimum atomic E-state index is -0.933. The lowest BCUT2D eigenvalue weighted by molar-refractivity contribution is -0.123. The minimum Gasteiger partial charge on any atom is -0.302 e. The molecule has 1 aromatic carbocycles. The number of nitrogens with zero attached hydrogens (tertiary/aromatic N) is 3. The molecule has 0 aliphatic carbocycles. The van der Waals surface area contributed by atoms with E-state index in [1.807, 2.05) is 0 Å². The van der Waals surface area contributed by atoms with Crippen molar-refractivity contribution in [2.75, 3.05) is 4.90 Å². The van der Waals surface area contributed by atoms with Gasteiger partial charge in [0.15, 0.2) is 11.6 Å². The third kappa shape index (κ3) is 1.62. The summed E-state index contributed by atoms with van der Waals surface area (Å²) < 4.78 is 30.0. The molecule has 1 aromatic heterocycles. The van der Waals surface area contributed by atoms with E-state index in [1.54, 1.807) is 24.6 Å². The zero-order valence-corrected chi connectivity index (χ0v) is 12.3. The number of hydrogen-bond acceptors (Lipinski definition) is 2. The number of anilines is 2. The van der Waals surface area contributed by atoms with Crippen LogP contribution in [-0.4, -0.2) is 15.5 Å². The first kappa shape index (κ1) is 13.2. The number of carbonyl (C=O) groups excluding carboxylic acids is 1. The predicted molar refractivity (Wildman–Crippen MR) is 72.8 cm³/mol. The molecule has 1 amide bonds. The number of imidazole rings is 1. The van der Waals surface area contributed by atoms with E-state index in [9.17, 15) is 13.6 Å². The number of rotatable bonds is 1. The average Bonchev–Trinajstić information content (AvgIpc) is 2.87. The van der Waals surface area contributed by atoms with E-state index in [2.05, 4.69) is 20.9 Å². The Morgan fingerprint density at radius 2 is 1.85 bits per heavy atom. The van der Waals surface area contributed by atoms with Crippen LogP contribution >= 0.6 is 15.9 Å². The first-order valence-corrected chi connectivity index (χ1v) is 6.66. The van der Waals surface area contributed by atoms with Crippen molar-refractivity contribution in [2.24, 2.45) is 0 Å². The summed E-state index contributed by atoms with van der Waals surface area (Å²) in [6, 6.07) is 2.23. The Balaban J connectivity index is 2.25. The van der Waals surface area contributed by atoms with Gasteiger partial charge >= 0.3 is 0 Å². The standard InChI is InChI=1S/C13H10BrF2N3O/c1-13(2)11(20)19(12-17-3-4-18(12)13)10-8(15)5-7(14)6-9(10)16/h3-6H,1-2H3. The number of fused-ring (bicyclic) bond motifs is 1. The SMILES string of the molecule is CC1(C)C(=O)N(c2c(F)cc(Br)cc2F)c2nccn21. The van der Waals surface area contributed by atoms with Gasteiger partial charge < -0.3 is 4.57 Å². The molecule has 0 fully saturated rings. The van der Waals surface area contributed by atoms with E-state index < -0.39 is 28.8 Å². The van der Waals surface area contributed by atoms with Crippen LogP contribution in [-0.2, 0) is 10.3 Å². The second-order valence-corrected chi connectivity index (χ2v) is 5.93. The number of benzene rings is 1. The summed E-state index contributed by atoms with van der Waals surface area (Å²) in [4.78, 5) is 17.5. The molecule has 4 nitrogen and oxygen atoms in total. The summed E-state index contributed by atoms with van der Waals surface area (Å²) in [5, 5.41) is 0. The first-order chi connectivity index (χ1) is 9.34. The van der Waals surface area contributed by atoms with E-state index in [1.165, 1.54) is 6.20 Å². The van der Waals surface area contributed by atoms with Gasteiger partial charge in [-0.2, -0.15) is 0 Å². The number of halogens is 3. The Bertz CT molecular complexity index is 703. The maximum Gasteiger partial charge on any atom is 0.259 e. The van der Waals surface area contributed by atoms with Gasteiger partial charge in [0.05, 0.1) is 0 Å². The van der Waals surface area contributed by atoms with Crippen LogP contribution in [0.1, 0.15) is 13.8 Å². The van der Waals surface area contributed by atoms with E-state index in [-0.39, 0.29) is 10.4 Å². The lowest BCUT2D eigenvalue weighted by Gasteiger charge is -2.20. The van der Waals surface area contributed by atoms with Crippen LogP contribution in [0, 0.1) is 11.6 Å². The number of aromatic nitrogens is 2. The summed E-state index contributed by atoms with van der Waals surface area (Å²) in [5.41, 5.74) is -1.34. The largest absolute Gasteiger partial charge is 0.302 e. The summed E-state index contributed by atoms with van der Waals surface area (Å²) in [7, 11) is 0. The lowest BCUT2D eigenvalue weighted by Crippen LogP contribution is -2.36. The number of carbonyl (C=O) groups is 1. The summed E-state index contributed by atoms with van der Waals surface area (Å²) in [6.45, 7) is 3.35. The van der Waals surface area contributed by atoms with Gasteiger partial charge in [-0.15, -0.1) is 0 Å². The molecule has 2 aromatic rings. The highest BCUT2D eigenvalue weighted by Gasteiger charge is 2.46. The summed E-state index contributed by atoms with van der Waals surface area (Å²) in [5.74, 6) is -1.87. The molecule has 0 unspecified atom stereocenters. The van der Waals surface area contributed by atoms with Gasteiger partial charge in [-0.05, 0) is 26.0 Å². The molecule has 0 saturated heterocycles. The normalized spacial score (nSPS) is 16.6. The summed E-state index contributed by atoms with van der Waals surface area (Å²) in [6.07, 6.45) is 3.10. The zero-order valence-electron chi connectivity index (χ0n) is 10.7. The third-order valence-corrected chi connectivity index (χ3v) is 3.81. The fraction of sp³-hybridized carbons (Fsp3) is 0.231. The van der Waals surface area contributed by atoms with Crippen molar-refractivity contribution in [1.29, 1.82) is 0 Å². The maximum absolute atomic E-state index is 14.1. The third-order valence-electron chi connectivity index (χ3n) is 3.36. The molecule has 0 bridgehead atoms. The highest BCUT2D eigenvalue weighted by atomic mass is 79.9. The maximum atomic E-state index is 14.1. The molecule has 1 aliphatic rings. The van der Waals surface area contributed by atoms with Gasteiger partial charge in [0.2, 0.25) is 5.95 Å². The molecule has 0 spiro atoms. The molecule has 104 valence electrons. The van der Waals surface area contributed by atoms with Crippen LogP contribution < -0.4 is 4.90 Å². The van der Waals surface area contributed by atoms with Crippen LogP contribution in [0.3, 0.4) is 0 Å². The second kappa shape index (κ2) is 4.12. The quantitative estimate of drug-likeness (QED) is 0.797.